The van der Waals surface area contributed by atoms with Gasteiger partial charge in [0.15, 0.2) is 0 Å². The minimum absolute atomic E-state index is 0.0740. The highest BCUT2D eigenvalue weighted by molar-refractivity contribution is 6.75. The third-order valence-electron chi connectivity index (χ3n) is 4.22. The lowest BCUT2D eigenvalue weighted by molar-refractivity contribution is -0.134. The summed E-state index contributed by atoms with van der Waals surface area (Å²) in [6, 6.07) is 6.75. The Labute approximate surface area is 140 Å². The van der Waals surface area contributed by atoms with E-state index in [1.807, 2.05) is 20.0 Å². The Morgan fingerprint density at radius 1 is 1.13 bits per heavy atom. The largest absolute Gasteiger partial charge is 0.516 e. The van der Waals surface area contributed by atoms with Gasteiger partial charge < -0.3 is 9.16 Å². The van der Waals surface area contributed by atoms with Crippen LogP contribution in [0.3, 0.4) is 0 Å². The van der Waals surface area contributed by atoms with Crippen LogP contribution in [0, 0.1) is 0 Å². The summed E-state index contributed by atoms with van der Waals surface area (Å²) in [7, 11) is -2.22. The third kappa shape index (κ3) is 5.50. The minimum Gasteiger partial charge on any atom is -0.516 e. The van der Waals surface area contributed by atoms with Crippen LogP contribution < -0.4 is 4.74 Å². The number of benzene rings is 1. The van der Waals surface area contributed by atoms with Crippen LogP contribution in [0.2, 0.25) is 18.1 Å². The van der Waals surface area contributed by atoms with Gasteiger partial charge in [-0.25, -0.2) is 4.79 Å². The maximum Gasteiger partial charge on any atom is 0.328 e. The van der Waals surface area contributed by atoms with E-state index in [2.05, 4.69) is 20.8 Å². The first kappa shape index (κ1) is 19.4. The van der Waals surface area contributed by atoms with Crippen LogP contribution in [0.15, 0.2) is 24.3 Å². The van der Waals surface area contributed by atoms with Crippen molar-refractivity contribution < 1.29 is 18.8 Å². The Morgan fingerprint density at radius 3 is 2.30 bits per heavy atom. The van der Waals surface area contributed by atoms with E-state index < -0.39 is 14.3 Å². The molecule has 1 aromatic rings. The average molecular weight is 337 g/mol. The number of esters is 1. The molecule has 0 amide bonds. The topological polar surface area (TPSA) is 52.6 Å². The average Bonchev–Trinajstić information content (AvgIpc) is 2.44. The SMILES string of the molecule is CCCCC(=O)Oc1ccccc1C(=O)O[Si](C)(C)C(C)(C)C. The lowest BCUT2D eigenvalue weighted by Crippen LogP contribution is -2.42. The summed E-state index contributed by atoms with van der Waals surface area (Å²) in [5.74, 6) is -0.466. The van der Waals surface area contributed by atoms with Crippen molar-refractivity contribution >= 4 is 20.3 Å². The van der Waals surface area contributed by atoms with Crippen molar-refractivity contribution in [1.82, 2.24) is 0 Å². The van der Waals surface area contributed by atoms with Gasteiger partial charge in [0.2, 0.25) is 0 Å². The highest BCUT2D eigenvalue weighted by Gasteiger charge is 2.41. The zero-order valence-electron chi connectivity index (χ0n) is 15.1. The Morgan fingerprint density at radius 2 is 1.74 bits per heavy atom. The molecule has 128 valence electrons. The second kappa shape index (κ2) is 7.77. The molecule has 0 atom stereocenters. The van der Waals surface area contributed by atoms with E-state index >= 15 is 0 Å². The summed E-state index contributed by atoms with van der Waals surface area (Å²) in [4.78, 5) is 24.4. The predicted molar refractivity (Wildman–Crippen MR) is 94.2 cm³/mol. The molecule has 0 fully saturated rings. The van der Waals surface area contributed by atoms with Crippen molar-refractivity contribution in [1.29, 1.82) is 0 Å². The number of unbranched alkanes of at least 4 members (excludes halogenated alkanes) is 1. The molecule has 4 nitrogen and oxygen atoms in total. The molecule has 0 aliphatic heterocycles. The smallest absolute Gasteiger partial charge is 0.328 e. The minimum atomic E-state index is -2.22. The van der Waals surface area contributed by atoms with Gasteiger partial charge in [0, 0.05) is 6.42 Å². The van der Waals surface area contributed by atoms with Crippen LogP contribution in [0.4, 0.5) is 0 Å². The third-order valence-corrected chi connectivity index (χ3v) is 8.53. The van der Waals surface area contributed by atoms with Crippen molar-refractivity contribution in [2.45, 2.75) is 65.1 Å². The lowest BCUT2D eigenvalue weighted by atomic mass is 10.2. The summed E-state index contributed by atoms with van der Waals surface area (Å²) in [6.45, 7) is 12.3. The summed E-state index contributed by atoms with van der Waals surface area (Å²) in [5, 5.41) is -0.0740. The van der Waals surface area contributed by atoms with E-state index in [0.29, 0.717) is 12.0 Å². The molecule has 0 spiro atoms. The molecule has 0 saturated heterocycles. The molecule has 0 bridgehead atoms. The summed E-state index contributed by atoms with van der Waals surface area (Å²) in [6.07, 6.45) is 2.04. The van der Waals surface area contributed by atoms with E-state index in [0.717, 1.165) is 12.8 Å². The molecule has 1 aromatic carbocycles. The van der Waals surface area contributed by atoms with Crippen LogP contribution in [-0.4, -0.2) is 20.3 Å². The van der Waals surface area contributed by atoms with Crippen LogP contribution in [0.5, 0.6) is 5.75 Å². The zero-order valence-corrected chi connectivity index (χ0v) is 16.1. The first-order valence-corrected chi connectivity index (χ1v) is 11.0. The molecule has 1 rings (SSSR count). The van der Waals surface area contributed by atoms with Crippen molar-refractivity contribution in [3.05, 3.63) is 29.8 Å². The van der Waals surface area contributed by atoms with Crippen LogP contribution >= 0.6 is 0 Å². The Bertz CT molecular complexity index is 558. The summed E-state index contributed by atoms with van der Waals surface area (Å²) in [5.41, 5.74) is 0.308. The molecule has 0 N–H and O–H groups in total. The molecule has 0 saturated carbocycles. The fourth-order valence-electron chi connectivity index (χ4n) is 1.66. The number of para-hydroxylation sites is 1. The number of carbonyl (C=O) groups is 2. The van der Waals surface area contributed by atoms with Gasteiger partial charge in [-0.1, -0.05) is 46.2 Å². The van der Waals surface area contributed by atoms with Gasteiger partial charge in [0.05, 0.1) is 0 Å². The Hall–Kier alpha value is -1.62. The van der Waals surface area contributed by atoms with Crippen molar-refractivity contribution in [3.63, 3.8) is 0 Å². The number of carbonyl (C=O) groups excluding carboxylic acids is 2. The van der Waals surface area contributed by atoms with Gasteiger partial charge in [0.25, 0.3) is 8.32 Å². The fourth-order valence-corrected chi connectivity index (χ4v) is 2.54. The molecule has 0 aromatic heterocycles. The monoisotopic (exact) mass is 336 g/mol. The second-order valence-electron chi connectivity index (χ2n) is 7.22. The van der Waals surface area contributed by atoms with Gasteiger partial charge in [-0.2, -0.15) is 0 Å². The molecule has 0 radical (unpaired) electrons. The number of hydrogen-bond donors (Lipinski definition) is 0. The van der Waals surface area contributed by atoms with Crippen molar-refractivity contribution in [3.8, 4) is 5.75 Å². The molecule has 0 heterocycles. The first-order chi connectivity index (χ1) is 10.6. The van der Waals surface area contributed by atoms with Crippen molar-refractivity contribution in [2.24, 2.45) is 0 Å². The van der Waals surface area contributed by atoms with E-state index in [9.17, 15) is 9.59 Å². The Balaban J connectivity index is 2.92. The molecule has 5 heteroatoms. The summed E-state index contributed by atoms with van der Waals surface area (Å²) < 4.78 is 11.1. The highest BCUT2D eigenvalue weighted by Crippen LogP contribution is 2.37. The van der Waals surface area contributed by atoms with Gasteiger partial charge in [-0.15, -0.1) is 0 Å². The van der Waals surface area contributed by atoms with Gasteiger partial charge >= 0.3 is 11.9 Å². The number of hydrogen-bond acceptors (Lipinski definition) is 4. The second-order valence-corrected chi connectivity index (χ2v) is 11.9. The molecule has 0 aliphatic rings. The molecule has 0 aliphatic carbocycles. The fraction of sp³-hybridized carbons (Fsp3) is 0.556. The van der Waals surface area contributed by atoms with Gasteiger partial charge in [0.1, 0.15) is 11.3 Å². The Kier molecular flexibility index (Phi) is 6.56. The lowest BCUT2D eigenvalue weighted by Gasteiger charge is -2.35. The van der Waals surface area contributed by atoms with Gasteiger partial charge in [-0.05, 0) is 36.7 Å². The molecular weight excluding hydrogens is 308 g/mol. The van der Waals surface area contributed by atoms with Crippen LogP contribution in [0.1, 0.15) is 57.3 Å². The maximum atomic E-state index is 12.5. The van der Waals surface area contributed by atoms with E-state index in [-0.39, 0.29) is 16.8 Å². The van der Waals surface area contributed by atoms with Crippen molar-refractivity contribution in [2.75, 3.05) is 0 Å². The van der Waals surface area contributed by atoms with Crippen LogP contribution in [-0.2, 0) is 9.22 Å². The molecule has 0 unspecified atom stereocenters. The maximum absolute atomic E-state index is 12.5. The highest BCUT2D eigenvalue weighted by atomic mass is 28.4. The summed E-state index contributed by atoms with van der Waals surface area (Å²) >= 11 is 0. The zero-order chi connectivity index (χ0) is 17.7. The van der Waals surface area contributed by atoms with Crippen LogP contribution in [0.25, 0.3) is 0 Å². The quantitative estimate of drug-likeness (QED) is 0.419. The standard InChI is InChI=1S/C18H28O4Si/c1-7-8-13-16(19)21-15-12-10-9-11-14(15)17(20)22-23(5,6)18(2,3)4/h9-12H,7-8,13H2,1-6H3. The van der Waals surface area contributed by atoms with E-state index in [1.165, 1.54) is 0 Å². The first-order valence-electron chi connectivity index (χ1n) is 8.11. The van der Waals surface area contributed by atoms with Gasteiger partial charge in [-0.3, -0.25) is 4.79 Å². The van der Waals surface area contributed by atoms with E-state index in [1.54, 1.807) is 24.3 Å². The normalized spacial score (nSPS) is 11.9. The number of ether oxygens (including phenoxy) is 1. The predicted octanol–water partition coefficient (Wildman–Crippen LogP) is 4.94. The van der Waals surface area contributed by atoms with E-state index in [4.69, 9.17) is 9.16 Å². The molecular formula is C18H28O4Si. The number of rotatable bonds is 6. The molecule has 23 heavy (non-hydrogen) atoms.